The molecule has 1 atom stereocenters. The fraction of sp³-hybridized carbons (Fsp3) is 0.273. The first-order chi connectivity index (χ1) is 13.5. The number of para-hydroxylation sites is 1. The number of hydrogen-bond donors (Lipinski definition) is 0. The van der Waals surface area contributed by atoms with Gasteiger partial charge in [0, 0.05) is 5.56 Å². The average molecular weight is 375 g/mol. The van der Waals surface area contributed by atoms with E-state index in [-0.39, 0.29) is 11.5 Å². The van der Waals surface area contributed by atoms with Crippen molar-refractivity contribution in [1.29, 1.82) is 0 Å². The van der Waals surface area contributed by atoms with E-state index in [9.17, 15) is 9.59 Å². The standard InChI is InChI=1S/C22H21N3O3/c1-14-20(23-24-25(14)19-9-4-3-5-10-19)22(27)28-15(2)21(26)18-12-11-16-7-6-8-17(16)13-18/h3-5,9-13,15H,6-8H2,1-2H3/t15-/m0/s1. The van der Waals surface area contributed by atoms with Crippen molar-refractivity contribution >= 4 is 11.8 Å². The highest BCUT2D eigenvalue weighted by atomic mass is 16.5. The Labute approximate surface area is 163 Å². The Kier molecular flexibility index (Phi) is 4.77. The molecule has 0 fully saturated rings. The number of ketones is 1. The van der Waals surface area contributed by atoms with E-state index in [0.717, 1.165) is 24.9 Å². The van der Waals surface area contributed by atoms with Crippen molar-refractivity contribution in [2.45, 2.75) is 39.2 Å². The maximum Gasteiger partial charge on any atom is 0.361 e. The van der Waals surface area contributed by atoms with Gasteiger partial charge in [0.05, 0.1) is 11.4 Å². The van der Waals surface area contributed by atoms with Gasteiger partial charge in [0.15, 0.2) is 11.8 Å². The Morgan fingerprint density at radius 2 is 1.82 bits per heavy atom. The molecule has 2 aromatic carbocycles. The minimum absolute atomic E-state index is 0.109. The molecule has 1 heterocycles. The van der Waals surface area contributed by atoms with Crippen LogP contribution < -0.4 is 0 Å². The fourth-order valence-electron chi connectivity index (χ4n) is 3.56. The molecule has 1 aromatic heterocycles. The number of rotatable bonds is 5. The third kappa shape index (κ3) is 3.33. The van der Waals surface area contributed by atoms with Gasteiger partial charge in [-0.15, -0.1) is 5.10 Å². The minimum atomic E-state index is -0.895. The number of carbonyl (C=O) groups excluding carboxylic acids is 2. The van der Waals surface area contributed by atoms with Gasteiger partial charge in [-0.05, 0) is 62.4 Å². The van der Waals surface area contributed by atoms with Crippen molar-refractivity contribution < 1.29 is 14.3 Å². The lowest BCUT2D eigenvalue weighted by molar-refractivity contribution is 0.0312. The number of aryl methyl sites for hydroxylation is 2. The summed E-state index contributed by atoms with van der Waals surface area (Å²) in [7, 11) is 0. The van der Waals surface area contributed by atoms with Crippen LogP contribution in [0.25, 0.3) is 5.69 Å². The van der Waals surface area contributed by atoms with E-state index in [1.807, 2.05) is 48.5 Å². The SMILES string of the molecule is Cc1c(C(=O)O[C@@H](C)C(=O)c2ccc3c(c2)CCC3)nnn1-c1ccccc1. The van der Waals surface area contributed by atoms with Crippen molar-refractivity contribution in [3.05, 3.63) is 76.6 Å². The number of fused-ring (bicyclic) bond motifs is 1. The number of benzene rings is 2. The van der Waals surface area contributed by atoms with Crippen LogP contribution >= 0.6 is 0 Å². The van der Waals surface area contributed by atoms with Gasteiger partial charge in [0.2, 0.25) is 5.78 Å². The van der Waals surface area contributed by atoms with E-state index >= 15 is 0 Å². The molecule has 0 aliphatic heterocycles. The maximum absolute atomic E-state index is 12.7. The Morgan fingerprint density at radius 1 is 1.07 bits per heavy atom. The van der Waals surface area contributed by atoms with Crippen LogP contribution in [0.1, 0.15) is 51.0 Å². The van der Waals surface area contributed by atoms with Crippen molar-refractivity contribution in [3.8, 4) is 5.69 Å². The molecule has 0 unspecified atom stereocenters. The monoisotopic (exact) mass is 375 g/mol. The van der Waals surface area contributed by atoms with E-state index in [1.54, 1.807) is 18.5 Å². The van der Waals surface area contributed by atoms with Gasteiger partial charge in [-0.2, -0.15) is 0 Å². The number of nitrogens with zero attached hydrogens (tertiary/aromatic N) is 3. The topological polar surface area (TPSA) is 74.1 Å². The van der Waals surface area contributed by atoms with Gasteiger partial charge in [0.1, 0.15) is 0 Å². The fourth-order valence-corrected chi connectivity index (χ4v) is 3.56. The summed E-state index contributed by atoms with van der Waals surface area (Å²) in [5, 5.41) is 7.99. The molecule has 0 spiro atoms. The minimum Gasteiger partial charge on any atom is -0.449 e. The lowest BCUT2D eigenvalue weighted by atomic mass is 10.0. The maximum atomic E-state index is 12.7. The van der Waals surface area contributed by atoms with Crippen LogP contribution in [0.2, 0.25) is 0 Å². The van der Waals surface area contributed by atoms with Crippen molar-refractivity contribution in [1.82, 2.24) is 15.0 Å². The summed E-state index contributed by atoms with van der Waals surface area (Å²) in [4.78, 5) is 25.3. The molecule has 4 rings (SSSR count). The van der Waals surface area contributed by atoms with E-state index in [2.05, 4.69) is 10.3 Å². The Hall–Kier alpha value is -3.28. The van der Waals surface area contributed by atoms with Gasteiger partial charge < -0.3 is 4.74 Å². The highest BCUT2D eigenvalue weighted by Gasteiger charge is 2.25. The molecule has 0 saturated heterocycles. The van der Waals surface area contributed by atoms with Gasteiger partial charge in [0.25, 0.3) is 0 Å². The molecule has 0 radical (unpaired) electrons. The Balaban J connectivity index is 1.49. The Bertz CT molecular complexity index is 1040. The molecule has 0 N–H and O–H groups in total. The van der Waals surface area contributed by atoms with Crippen molar-refractivity contribution in [2.24, 2.45) is 0 Å². The van der Waals surface area contributed by atoms with Crippen LogP contribution in [0.15, 0.2) is 48.5 Å². The molecule has 142 valence electrons. The summed E-state index contributed by atoms with van der Waals surface area (Å²) < 4.78 is 6.97. The number of carbonyl (C=O) groups is 2. The number of ether oxygens (including phenoxy) is 1. The summed E-state index contributed by atoms with van der Waals surface area (Å²) >= 11 is 0. The van der Waals surface area contributed by atoms with Crippen LogP contribution in [0.3, 0.4) is 0 Å². The largest absolute Gasteiger partial charge is 0.449 e. The van der Waals surface area contributed by atoms with Crippen LogP contribution in [0, 0.1) is 6.92 Å². The van der Waals surface area contributed by atoms with E-state index in [4.69, 9.17) is 4.74 Å². The molecule has 0 amide bonds. The number of Topliss-reactive ketones (excluding diaryl/α,β-unsaturated/α-hetero) is 1. The highest BCUT2D eigenvalue weighted by molar-refractivity contribution is 6.01. The van der Waals surface area contributed by atoms with E-state index in [1.165, 1.54) is 11.1 Å². The molecule has 1 aliphatic rings. The van der Waals surface area contributed by atoms with E-state index in [0.29, 0.717) is 11.3 Å². The molecule has 28 heavy (non-hydrogen) atoms. The summed E-state index contributed by atoms with van der Waals surface area (Å²) in [5.41, 5.74) is 4.56. The van der Waals surface area contributed by atoms with Crippen LogP contribution in [-0.4, -0.2) is 32.9 Å². The number of hydrogen-bond acceptors (Lipinski definition) is 5. The number of esters is 1. The molecule has 0 bridgehead atoms. The zero-order chi connectivity index (χ0) is 19.7. The molecular weight excluding hydrogens is 354 g/mol. The quantitative estimate of drug-likeness (QED) is 0.504. The average Bonchev–Trinajstić information content (AvgIpc) is 3.33. The third-order valence-corrected chi connectivity index (χ3v) is 5.12. The predicted octanol–water partition coefficient (Wildman–Crippen LogP) is 3.49. The van der Waals surface area contributed by atoms with Crippen molar-refractivity contribution in [3.63, 3.8) is 0 Å². The first-order valence-electron chi connectivity index (χ1n) is 9.39. The lowest BCUT2D eigenvalue weighted by Gasteiger charge is -2.12. The van der Waals surface area contributed by atoms with Gasteiger partial charge in [-0.3, -0.25) is 4.79 Å². The van der Waals surface area contributed by atoms with Crippen LogP contribution in [0.4, 0.5) is 0 Å². The first-order valence-corrected chi connectivity index (χ1v) is 9.39. The second-order valence-corrected chi connectivity index (χ2v) is 7.02. The van der Waals surface area contributed by atoms with Gasteiger partial charge in [-0.25, -0.2) is 9.48 Å². The zero-order valence-corrected chi connectivity index (χ0v) is 15.9. The summed E-state index contributed by atoms with van der Waals surface area (Å²) in [6.45, 7) is 3.33. The van der Waals surface area contributed by atoms with Crippen molar-refractivity contribution in [2.75, 3.05) is 0 Å². The van der Waals surface area contributed by atoms with Crippen LogP contribution in [-0.2, 0) is 17.6 Å². The molecular formula is C22H21N3O3. The second kappa shape index (κ2) is 7.38. The summed E-state index contributed by atoms with van der Waals surface area (Å²) in [6.07, 6.45) is 2.28. The predicted molar refractivity (Wildman–Crippen MR) is 104 cm³/mol. The second-order valence-electron chi connectivity index (χ2n) is 7.02. The molecule has 0 saturated carbocycles. The molecule has 3 aromatic rings. The Morgan fingerprint density at radius 3 is 2.61 bits per heavy atom. The van der Waals surface area contributed by atoms with Gasteiger partial charge in [-0.1, -0.05) is 35.5 Å². The zero-order valence-electron chi connectivity index (χ0n) is 15.9. The molecule has 6 heteroatoms. The summed E-state index contributed by atoms with van der Waals surface area (Å²) in [6, 6.07) is 15.1. The molecule has 6 nitrogen and oxygen atoms in total. The highest BCUT2D eigenvalue weighted by Crippen LogP contribution is 2.24. The smallest absolute Gasteiger partial charge is 0.361 e. The summed E-state index contributed by atoms with van der Waals surface area (Å²) in [5.74, 6) is -0.863. The third-order valence-electron chi connectivity index (χ3n) is 5.12. The normalized spacial score (nSPS) is 13.8. The lowest BCUT2D eigenvalue weighted by Crippen LogP contribution is -2.25. The number of aromatic nitrogens is 3. The van der Waals surface area contributed by atoms with Gasteiger partial charge >= 0.3 is 5.97 Å². The first kappa shape index (κ1) is 18.1. The van der Waals surface area contributed by atoms with Crippen LogP contribution in [0.5, 0.6) is 0 Å². The van der Waals surface area contributed by atoms with E-state index < -0.39 is 12.1 Å². The molecule has 1 aliphatic carbocycles.